The molecular weight excluding hydrogens is 392 g/mol. The Labute approximate surface area is 160 Å². The first-order chi connectivity index (χ1) is 12.2. The smallest absolute Gasteiger partial charge is 0.115 e. The minimum Gasteiger partial charge on any atom is -0.240 e. The molecule has 0 aliphatic rings. The van der Waals surface area contributed by atoms with Crippen molar-refractivity contribution in [3.8, 4) is 28.5 Å². The van der Waals surface area contributed by atoms with Crippen LogP contribution in [0, 0.1) is 11.3 Å². The second-order valence-corrected chi connectivity index (χ2v) is 7.47. The standard InChI is InChI=1S/C21H15BrN2S/c1-15(22)14-25-21-19(13-23)18(16-8-4-2-5-9-16)12-20(24-21)17-10-6-3-7-11-17/h2-12H,1,14H2. The molecule has 0 amide bonds. The summed E-state index contributed by atoms with van der Waals surface area (Å²) in [6.45, 7) is 3.87. The van der Waals surface area contributed by atoms with E-state index in [2.05, 4.69) is 28.6 Å². The summed E-state index contributed by atoms with van der Waals surface area (Å²) in [7, 11) is 0. The summed E-state index contributed by atoms with van der Waals surface area (Å²) in [6, 6.07) is 24.3. The lowest BCUT2D eigenvalue weighted by Crippen LogP contribution is -1.96. The van der Waals surface area contributed by atoms with Crippen LogP contribution in [0.15, 0.2) is 82.8 Å². The number of benzene rings is 2. The van der Waals surface area contributed by atoms with Crippen molar-refractivity contribution < 1.29 is 0 Å². The van der Waals surface area contributed by atoms with Crippen LogP contribution < -0.4 is 0 Å². The van der Waals surface area contributed by atoms with Crippen molar-refractivity contribution >= 4 is 27.7 Å². The first-order valence-corrected chi connectivity index (χ1v) is 9.49. The van der Waals surface area contributed by atoms with Gasteiger partial charge in [-0.15, -0.1) is 0 Å². The summed E-state index contributed by atoms with van der Waals surface area (Å²) in [5.41, 5.74) is 4.41. The van der Waals surface area contributed by atoms with Crippen molar-refractivity contribution in [2.75, 3.05) is 5.75 Å². The van der Waals surface area contributed by atoms with Crippen LogP contribution in [0.25, 0.3) is 22.4 Å². The summed E-state index contributed by atoms with van der Waals surface area (Å²) in [5.74, 6) is 0.661. The number of hydrogen-bond acceptors (Lipinski definition) is 3. The van der Waals surface area contributed by atoms with Crippen LogP contribution in [-0.4, -0.2) is 10.7 Å². The predicted octanol–water partition coefficient (Wildman–Crippen LogP) is 6.29. The van der Waals surface area contributed by atoms with E-state index in [-0.39, 0.29) is 0 Å². The Morgan fingerprint density at radius 1 is 1.04 bits per heavy atom. The molecular formula is C21H15BrN2S. The SMILES string of the molecule is C=C(Br)CSc1nc(-c2ccccc2)cc(-c2ccccc2)c1C#N. The van der Waals surface area contributed by atoms with E-state index < -0.39 is 0 Å². The maximum atomic E-state index is 9.75. The van der Waals surface area contributed by atoms with Gasteiger partial charge in [0, 0.05) is 16.9 Å². The van der Waals surface area contributed by atoms with Crippen LogP contribution in [0.3, 0.4) is 0 Å². The van der Waals surface area contributed by atoms with Crippen LogP contribution in [-0.2, 0) is 0 Å². The molecule has 1 heterocycles. The van der Waals surface area contributed by atoms with Crippen LogP contribution in [0.1, 0.15) is 5.56 Å². The molecule has 122 valence electrons. The largest absolute Gasteiger partial charge is 0.240 e. The fourth-order valence-electron chi connectivity index (χ4n) is 2.48. The van der Waals surface area contributed by atoms with Gasteiger partial charge in [-0.25, -0.2) is 4.98 Å². The zero-order valence-corrected chi connectivity index (χ0v) is 15.8. The fourth-order valence-corrected chi connectivity index (χ4v) is 3.58. The molecule has 0 unspecified atom stereocenters. The molecule has 0 aliphatic heterocycles. The highest BCUT2D eigenvalue weighted by Crippen LogP contribution is 2.34. The molecule has 0 atom stereocenters. The first kappa shape index (κ1) is 17.5. The Balaban J connectivity index is 2.20. The second-order valence-electron chi connectivity index (χ2n) is 5.38. The topological polar surface area (TPSA) is 36.7 Å². The summed E-state index contributed by atoms with van der Waals surface area (Å²) < 4.78 is 0.870. The lowest BCUT2D eigenvalue weighted by Gasteiger charge is -2.12. The third-order valence-corrected chi connectivity index (χ3v) is 5.33. The highest BCUT2D eigenvalue weighted by atomic mass is 79.9. The first-order valence-electron chi connectivity index (χ1n) is 7.71. The van der Waals surface area contributed by atoms with Crippen molar-refractivity contribution in [1.82, 2.24) is 4.98 Å². The monoisotopic (exact) mass is 406 g/mol. The Morgan fingerprint density at radius 2 is 1.64 bits per heavy atom. The minimum absolute atomic E-state index is 0.602. The van der Waals surface area contributed by atoms with E-state index in [9.17, 15) is 5.26 Å². The lowest BCUT2D eigenvalue weighted by atomic mass is 9.99. The van der Waals surface area contributed by atoms with Gasteiger partial charge in [-0.3, -0.25) is 0 Å². The molecule has 3 aromatic rings. The molecule has 2 nitrogen and oxygen atoms in total. The van der Waals surface area contributed by atoms with Gasteiger partial charge in [-0.2, -0.15) is 5.26 Å². The highest BCUT2D eigenvalue weighted by molar-refractivity contribution is 9.11. The van der Waals surface area contributed by atoms with Crippen molar-refractivity contribution in [1.29, 1.82) is 5.26 Å². The molecule has 0 radical (unpaired) electrons. The van der Waals surface area contributed by atoms with E-state index in [1.165, 1.54) is 11.8 Å². The summed E-state index contributed by atoms with van der Waals surface area (Å²) >= 11 is 4.90. The van der Waals surface area contributed by atoms with Gasteiger partial charge in [0.15, 0.2) is 0 Å². The van der Waals surface area contributed by atoms with E-state index in [1.807, 2.05) is 66.7 Å². The molecule has 1 aromatic heterocycles. The Morgan fingerprint density at radius 3 is 2.20 bits per heavy atom. The summed E-state index contributed by atoms with van der Waals surface area (Å²) in [4.78, 5) is 4.75. The quantitative estimate of drug-likeness (QED) is 0.467. The molecule has 25 heavy (non-hydrogen) atoms. The number of aromatic nitrogens is 1. The number of thioether (sulfide) groups is 1. The number of hydrogen-bond donors (Lipinski definition) is 0. The third-order valence-electron chi connectivity index (χ3n) is 3.62. The van der Waals surface area contributed by atoms with Gasteiger partial charge < -0.3 is 0 Å². The zero-order valence-electron chi connectivity index (χ0n) is 13.4. The number of rotatable bonds is 5. The molecule has 0 saturated carbocycles. The molecule has 0 fully saturated rings. The van der Waals surface area contributed by atoms with E-state index >= 15 is 0 Å². The van der Waals surface area contributed by atoms with Crippen LogP contribution >= 0.6 is 27.7 Å². The minimum atomic E-state index is 0.602. The number of nitriles is 1. The average Bonchev–Trinajstić information content (AvgIpc) is 2.67. The van der Waals surface area contributed by atoms with Gasteiger partial charge in [0.2, 0.25) is 0 Å². The summed E-state index contributed by atoms with van der Waals surface area (Å²) in [6.07, 6.45) is 0. The van der Waals surface area contributed by atoms with Gasteiger partial charge >= 0.3 is 0 Å². The van der Waals surface area contributed by atoms with Crippen molar-refractivity contribution in [2.45, 2.75) is 5.03 Å². The predicted molar refractivity (Wildman–Crippen MR) is 109 cm³/mol. The van der Waals surface area contributed by atoms with Gasteiger partial charge in [0.1, 0.15) is 11.1 Å². The van der Waals surface area contributed by atoms with Crippen LogP contribution in [0.5, 0.6) is 0 Å². The third kappa shape index (κ3) is 4.19. The highest BCUT2D eigenvalue weighted by Gasteiger charge is 2.15. The van der Waals surface area contributed by atoms with E-state index in [1.54, 1.807) is 0 Å². The van der Waals surface area contributed by atoms with Gasteiger partial charge in [0.25, 0.3) is 0 Å². The Hall–Kier alpha value is -2.35. The van der Waals surface area contributed by atoms with E-state index in [4.69, 9.17) is 4.98 Å². The molecule has 4 heteroatoms. The molecule has 0 N–H and O–H groups in total. The maximum absolute atomic E-state index is 9.75. The Bertz CT molecular complexity index is 931. The van der Waals surface area contributed by atoms with Gasteiger partial charge in [-0.05, 0) is 16.1 Å². The summed E-state index contributed by atoms with van der Waals surface area (Å²) in [5, 5.41) is 10.5. The van der Waals surface area contributed by atoms with Crippen molar-refractivity contribution in [2.24, 2.45) is 0 Å². The van der Waals surface area contributed by atoms with Gasteiger partial charge in [-0.1, -0.05) is 94.9 Å². The Kier molecular flexibility index (Phi) is 5.70. The maximum Gasteiger partial charge on any atom is 0.115 e. The van der Waals surface area contributed by atoms with Gasteiger partial charge in [0.05, 0.1) is 11.3 Å². The van der Waals surface area contributed by atoms with E-state index in [0.717, 1.165) is 31.9 Å². The van der Waals surface area contributed by atoms with E-state index in [0.29, 0.717) is 11.3 Å². The van der Waals surface area contributed by atoms with Crippen molar-refractivity contribution in [3.63, 3.8) is 0 Å². The molecule has 3 rings (SSSR count). The lowest BCUT2D eigenvalue weighted by molar-refractivity contribution is 1.12. The van der Waals surface area contributed by atoms with Crippen molar-refractivity contribution in [3.05, 3.63) is 83.4 Å². The second kappa shape index (κ2) is 8.15. The average molecular weight is 407 g/mol. The molecule has 2 aromatic carbocycles. The van der Waals surface area contributed by atoms with Crippen LogP contribution in [0.2, 0.25) is 0 Å². The number of nitrogens with zero attached hydrogens (tertiary/aromatic N) is 2. The molecule has 0 spiro atoms. The normalized spacial score (nSPS) is 10.2. The number of halogens is 1. The molecule has 0 saturated heterocycles. The number of pyridine rings is 1. The zero-order chi connectivity index (χ0) is 17.6. The fraction of sp³-hybridized carbons (Fsp3) is 0.0476. The molecule has 0 bridgehead atoms. The van der Waals surface area contributed by atoms with Crippen LogP contribution in [0.4, 0.5) is 0 Å². The molecule has 0 aliphatic carbocycles.